The summed E-state index contributed by atoms with van der Waals surface area (Å²) in [6.07, 6.45) is 0. The molecule has 5 nitrogen and oxygen atoms in total. The van der Waals surface area contributed by atoms with Crippen molar-refractivity contribution in [3.8, 4) is 0 Å². The average Bonchev–Trinajstić information content (AvgIpc) is 2.53. The van der Waals surface area contributed by atoms with E-state index in [-0.39, 0.29) is 16.9 Å². The van der Waals surface area contributed by atoms with Crippen LogP contribution in [0.25, 0.3) is 0 Å². The van der Waals surface area contributed by atoms with Gasteiger partial charge in [-0.15, -0.1) is 0 Å². The van der Waals surface area contributed by atoms with Crippen LogP contribution in [0.2, 0.25) is 0 Å². The van der Waals surface area contributed by atoms with Crippen LogP contribution in [-0.2, 0) is 0 Å². The van der Waals surface area contributed by atoms with Gasteiger partial charge in [0.1, 0.15) is 0 Å². The normalized spacial score (nSPS) is 9.83. The fraction of sp³-hybridized carbons (Fsp3) is 0. The van der Waals surface area contributed by atoms with Crippen LogP contribution in [0.5, 0.6) is 0 Å². The van der Waals surface area contributed by atoms with Crippen molar-refractivity contribution < 1.29 is 9.59 Å². The molecular formula is C15H11I2N3O2S. The third-order valence-electron chi connectivity index (χ3n) is 2.75. The number of halogens is 2. The van der Waals surface area contributed by atoms with Crippen molar-refractivity contribution in [2.45, 2.75) is 0 Å². The first-order valence-corrected chi connectivity index (χ1v) is 8.96. The second-order valence-corrected chi connectivity index (χ2v) is 7.05. The summed E-state index contributed by atoms with van der Waals surface area (Å²) in [5.74, 6) is -0.670. The summed E-state index contributed by atoms with van der Waals surface area (Å²) in [5.41, 5.74) is 6.02. The summed E-state index contributed by atoms with van der Waals surface area (Å²) in [6.45, 7) is 0. The van der Waals surface area contributed by atoms with Crippen molar-refractivity contribution in [2.75, 3.05) is 0 Å². The molecule has 118 valence electrons. The highest BCUT2D eigenvalue weighted by atomic mass is 127. The Morgan fingerprint density at radius 2 is 1.26 bits per heavy atom. The van der Waals surface area contributed by atoms with Crippen LogP contribution >= 0.6 is 57.4 Å². The number of hydrazine groups is 1. The molecule has 0 aliphatic heterocycles. The molecule has 0 fully saturated rings. The quantitative estimate of drug-likeness (QED) is 0.305. The summed E-state index contributed by atoms with van der Waals surface area (Å²) < 4.78 is 1.63. The summed E-state index contributed by atoms with van der Waals surface area (Å²) in [6, 6.07) is 14.3. The van der Waals surface area contributed by atoms with Gasteiger partial charge in [-0.3, -0.25) is 25.8 Å². The van der Waals surface area contributed by atoms with E-state index in [1.54, 1.807) is 24.3 Å². The molecule has 2 aromatic rings. The van der Waals surface area contributed by atoms with Crippen molar-refractivity contribution in [3.63, 3.8) is 0 Å². The predicted molar refractivity (Wildman–Crippen MR) is 109 cm³/mol. The minimum absolute atomic E-state index is 0.0222. The van der Waals surface area contributed by atoms with Crippen molar-refractivity contribution in [1.82, 2.24) is 16.2 Å². The van der Waals surface area contributed by atoms with Gasteiger partial charge in [-0.25, -0.2) is 0 Å². The smallest absolute Gasteiger partial charge is 0.270 e. The van der Waals surface area contributed by atoms with Gasteiger partial charge >= 0.3 is 0 Å². The Balaban J connectivity index is 1.91. The van der Waals surface area contributed by atoms with E-state index in [0.29, 0.717) is 11.1 Å². The highest BCUT2D eigenvalue weighted by Crippen LogP contribution is 2.11. The molecule has 0 saturated carbocycles. The van der Waals surface area contributed by atoms with E-state index in [9.17, 15) is 9.59 Å². The molecule has 2 aromatic carbocycles. The van der Waals surface area contributed by atoms with Gasteiger partial charge < -0.3 is 0 Å². The number of hydrogen-bond acceptors (Lipinski definition) is 3. The van der Waals surface area contributed by atoms with Gasteiger partial charge in [-0.05, 0) is 81.7 Å². The molecule has 0 aromatic heterocycles. The van der Waals surface area contributed by atoms with Gasteiger partial charge in [0, 0.05) is 7.14 Å². The van der Waals surface area contributed by atoms with Crippen LogP contribution in [0.3, 0.4) is 0 Å². The summed E-state index contributed by atoms with van der Waals surface area (Å²) in [7, 11) is 0. The zero-order valence-electron chi connectivity index (χ0n) is 11.6. The first-order chi connectivity index (χ1) is 11.0. The van der Waals surface area contributed by atoms with Crippen LogP contribution in [0, 0.1) is 7.14 Å². The average molecular weight is 551 g/mol. The first kappa shape index (κ1) is 18.1. The van der Waals surface area contributed by atoms with E-state index in [4.69, 9.17) is 12.2 Å². The van der Waals surface area contributed by atoms with Crippen molar-refractivity contribution in [1.29, 1.82) is 0 Å². The summed E-state index contributed by atoms with van der Waals surface area (Å²) in [5, 5.41) is 2.54. The molecule has 8 heteroatoms. The number of carbonyl (C=O) groups excluding carboxylic acids is 2. The molecule has 0 heterocycles. The van der Waals surface area contributed by atoms with E-state index in [1.807, 2.05) is 24.3 Å². The number of rotatable bonds is 2. The van der Waals surface area contributed by atoms with E-state index in [2.05, 4.69) is 61.4 Å². The van der Waals surface area contributed by atoms with E-state index in [1.165, 1.54) is 0 Å². The van der Waals surface area contributed by atoms with Crippen LogP contribution in [0.15, 0.2) is 48.5 Å². The Hall–Kier alpha value is -1.27. The number of benzene rings is 2. The lowest BCUT2D eigenvalue weighted by atomic mass is 10.2. The van der Waals surface area contributed by atoms with E-state index in [0.717, 1.165) is 7.14 Å². The standard InChI is InChI=1S/C15H11I2N3O2S/c16-11-7-3-1-5-9(11)13(21)18-15(23)20-19-14(22)10-6-2-4-8-12(10)17/h1-8H,(H,19,22)(H2,18,20,21,23). The molecular weight excluding hydrogens is 540 g/mol. The fourth-order valence-electron chi connectivity index (χ4n) is 1.67. The monoisotopic (exact) mass is 551 g/mol. The lowest BCUT2D eigenvalue weighted by Gasteiger charge is -2.12. The largest absolute Gasteiger partial charge is 0.298 e. The third kappa shape index (κ3) is 5.11. The zero-order valence-corrected chi connectivity index (χ0v) is 16.7. The molecule has 2 amide bonds. The minimum Gasteiger partial charge on any atom is -0.298 e. The van der Waals surface area contributed by atoms with Gasteiger partial charge in [0.2, 0.25) is 0 Å². The molecule has 0 saturated heterocycles. The van der Waals surface area contributed by atoms with Gasteiger partial charge in [0.15, 0.2) is 5.11 Å². The molecule has 23 heavy (non-hydrogen) atoms. The van der Waals surface area contributed by atoms with Crippen molar-refractivity contribution in [2.24, 2.45) is 0 Å². The maximum Gasteiger partial charge on any atom is 0.270 e. The molecule has 0 radical (unpaired) electrons. The van der Waals surface area contributed by atoms with E-state index >= 15 is 0 Å². The van der Waals surface area contributed by atoms with Gasteiger partial charge in [0.05, 0.1) is 11.1 Å². The molecule has 0 atom stereocenters. The topological polar surface area (TPSA) is 70.2 Å². The Morgan fingerprint density at radius 1 is 0.783 bits per heavy atom. The molecule has 0 unspecified atom stereocenters. The van der Waals surface area contributed by atoms with Crippen LogP contribution in [-0.4, -0.2) is 16.9 Å². The van der Waals surface area contributed by atoms with Gasteiger partial charge in [-0.2, -0.15) is 0 Å². The molecule has 3 N–H and O–H groups in total. The maximum atomic E-state index is 12.1. The molecule has 0 spiro atoms. The van der Waals surface area contributed by atoms with E-state index < -0.39 is 0 Å². The second-order valence-electron chi connectivity index (χ2n) is 4.32. The Labute approximate surface area is 165 Å². The maximum absolute atomic E-state index is 12.1. The number of thiocarbonyl (C=S) groups is 1. The Bertz CT molecular complexity index is 768. The van der Waals surface area contributed by atoms with Crippen molar-refractivity contribution in [3.05, 3.63) is 66.8 Å². The fourth-order valence-corrected chi connectivity index (χ4v) is 3.08. The molecule has 0 aliphatic carbocycles. The number of nitrogens with one attached hydrogen (secondary N) is 3. The Kier molecular flexibility index (Phi) is 6.72. The van der Waals surface area contributed by atoms with Gasteiger partial charge in [-0.1, -0.05) is 24.3 Å². The zero-order chi connectivity index (χ0) is 16.8. The van der Waals surface area contributed by atoms with Crippen LogP contribution < -0.4 is 16.2 Å². The molecule has 0 aliphatic rings. The predicted octanol–water partition coefficient (Wildman–Crippen LogP) is 2.85. The van der Waals surface area contributed by atoms with Crippen LogP contribution in [0.4, 0.5) is 0 Å². The van der Waals surface area contributed by atoms with Crippen LogP contribution in [0.1, 0.15) is 20.7 Å². The highest BCUT2D eigenvalue weighted by molar-refractivity contribution is 14.1. The number of carbonyl (C=O) groups is 2. The summed E-state index contributed by atoms with van der Waals surface area (Å²) >= 11 is 9.15. The second kappa shape index (κ2) is 8.55. The lowest BCUT2D eigenvalue weighted by Crippen LogP contribution is -2.48. The van der Waals surface area contributed by atoms with Gasteiger partial charge in [0.25, 0.3) is 11.8 Å². The summed E-state index contributed by atoms with van der Waals surface area (Å²) in [4.78, 5) is 24.1. The lowest BCUT2D eigenvalue weighted by molar-refractivity contribution is 0.0933. The number of amides is 2. The SMILES string of the molecule is O=C(NNC(=S)NC(=O)c1ccccc1I)c1ccccc1I. The first-order valence-electron chi connectivity index (χ1n) is 6.40. The third-order valence-corrected chi connectivity index (χ3v) is 4.84. The molecule has 0 bridgehead atoms. The molecule has 2 rings (SSSR count). The van der Waals surface area contributed by atoms with Crippen molar-refractivity contribution >= 4 is 74.3 Å². The highest BCUT2D eigenvalue weighted by Gasteiger charge is 2.12. The Morgan fingerprint density at radius 3 is 1.78 bits per heavy atom. The minimum atomic E-state index is -0.337. The number of hydrogen-bond donors (Lipinski definition) is 3.